The summed E-state index contributed by atoms with van der Waals surface area (Å²) in [7, 11) is -1.36. The number of hydrogen-bond acceptors (Lipinski definition) is 5. The van der Waals surface area contributed by atoms with Crippen LogP contribution in [0.5, 0.6) is 0 Å². The van der Waals surface area contributed by atoms with Gasteiger partial charge in [0.05, 0.1) is 24.7 Å². The van der Waals surface area contributed by atoms with Crippen molar-refractivity contribution in [1.82, 2.24) is 9.80 Å². The minimum Gasteiger partial charge on any atom is -0.383 e. The van der Waals surface area contributed by atoms with Crippen molar-refractivity contribution in [3.8, 4) is 0 Å². The molecular weight excluding hydrogens is 340 g/mol. The van der Waals surface area contributed by atoms with E-state index in [4.69, 9.17) is 4.74 Å². The van der Waals surface area contributed by atoms with Crippen molar-refractivity contribution in [2.45, 2.75) is 25.9 Å². The van der Waals surface area contributed by atoms with Crippen LogP contribution < -0.4 is 0 Å². The highest BCUT2D eigenvalue weighted by atomic mass is 32.2. The first-order valence-corrected chi connectivity index (χ1v) is 10.5. The van der Waals surface area contributed by atoms with E-state index in [0.717, 1.165) is 5.56 Å². The fourth-order valence-corrected chi connectivity index (χ4v) is 4.95. The van der Waals surface area contributed by atoms with E-state index in [1.165, 1.54) is 0 Å². The maximum atomic E-state index is 12.8. The van der Waals surface area contributed by atoms with E-state index in [-0.39, 0.29) is 30.0 Å². The lowest BCUT2D eigenvalue weighted by Crippen LogP contribution is -2.46. The molecule has 1 aromatic rings. The molecule has 0 aliphatic carbocycles. The second-order valence-electron chi connectivity index (χ2n) is 6.43. The Bertz CT molecular complexity index is 648. The summed E-state index contributed by atoms with van der Waals surface area (Å²) in [6, 6.07) is 9.80. The largest absolute Gasteiger partial charge is 0.383 e. The summed E-state index contributed by atoms with van der Waals surface area (Å²) in [6.07, 6.45) is 0.540. The summed E-state index contributed by atoms with van der Waals surface area (Å²) in [5, 5.41) is 0. The van der Waals surface area contributed by atoms with Gasteiger partial charge < -0.3 is 9.64 Å². The third-order valence-corrected chi connectivity index (χ3v) is 6.28. The monoisotopic (exact) mass is 368 g/mol. The number of ether oxygens (including phenoxy) is 1. The van der Waals surface area contributed by atoms with Gasteiger partial charge in [0.15, 0.2) is 9.84 Å². The number of benzene rings is 1. The molecule has 1 heterocycles. The first kappa shape index (κ1) is 19.9. The lowest BCUT2D eigenvalue weighted by Gasteiger charge is -2.30. The molecule has 0 N–H and O–H groups in total. The Labute approximate surface area is 150 Å². The number of likely N-dealkylation sites (N-methyl/N-ethyl adjacent to an activating group) is 1. The van der Waals surface area contributed by atoms with Gasteiger partial charge in [0, 0.05) is 32.8 Å². The fourth-order valence-electron chi connectivity index (χ4n) is 3.22. The van der Waals surface area contributed by atoms with E-state index in [1.807, 2.05) is 42.2 Å². The van der Waals surface area contributed by atoms with Gasteiger partial charge in [0.2, 0.25) is 5.91 Å². The molecule has 1 aromatic carbocycles. The number of methoxy groups -OCH3 is 1. The first-order chi connectivity index (χ1) is 11.9. The summed E-state index contributed by atoms with van der Waals surface area (Å²) in [5.41, 5.74) is 1.14. The average molecular weight is 368 g/mol. The molecule has 140 valence electrons. The number of hydrogen-bond donors (Lipinski definition) is 0. The van der Waals surface area contributed by atoms with Gasteiger partial charge in [-0.3, -0.25) is 9.69 Å². The predicted molar refractivity (Wildman–Crippen MR) is 98.0 cm³/mol. The second kappa shape index (κ2) is 9.31. The van der Waals surface area contributed by atoms with Gasteiger partial charge in [-0.25, -0.2) is 8.42 Å². The molecule has 0 saturated carbocycles. The molecule has 1 unspecified atom stereocenters. The topological polar surface area (TPSA) is 66.9 Å². The van der Waals surface area contributed by atoms with Crippen molar-refractivity contribution >= 4 is 15.7 Å². The zero-order chi connectivity index (χ0) is 18.3. The Kier molecular flexibility index (Phi) is 7.40. The SMILES string of the molecule is CCN(C(=O)CN(CCOC)Cc1ccccc1)C1CCS(=O)(=O)C1. The molecule has 1 fully saturated rings. The Balaban J connectivity index is 2.01. The minimum atomic E-state index is -3.00. The lowest BCUT2D eigenvalue weighted by molar-refractivity contribution is -0.134. The molecule has 1 amide bonds. The number of sulfone groups is 1. The van der Waals surface area contributed by atoms with Crippen molar-refractivity contribution in [2.75, 3.05) is 44.9 Å². The van der Waals surface area contributed by atoms with Gasteiger partial charge in [-0.05, 0) is 18.9 Å². The van der Waals surface area contributed by atoms with Gasteiger partial charge in [-0.2, -0.15) is 0 Å². The van der Waals surface area contributed by atoms with Crippen LogP contribution in [0.15, 0.2) is 30.3 Å². The molecule has 1 aliphatic heterocycles. The van der Waals surface area contributed by atoms with Gasteiger partial charge >= 0.3 is 0 Å². The van der Waals surface area contributed by atoms with E-state index in [0.29, 0.717) is 32.7 Å². The van der Waals surface area contributed by atoms with Crippen molar-refractivity contribution in [2.24, 2.45) is 0 Å². The Hall–Kier alpha value is -1.44. The van der Waals surface area contributed by atoms with Crippen LogP contribution in [0.4, 0.5) is 0 Å². The summed E-state index contributed by atoms with van der Waals surface area (Å²) in [4.78, 5) is 16.6. The van der Waals surface area contributed by atoms with Crippen molar-refractivity contribution in [1.29, 1.82) is 0 Å². The summed E-state index contributed by atoms with van der Waals surface area (Å²) in [6.45, 7) is 4.56. The second-order valence-corrected chi connectivity index (χ2v) is 8.65. The Morgan fingerprint density at radius 1 is 1.28 bits per heavy atom. The van der Waals surface area contributed by atoms with Gasteiger partial charge in [-0.15, -0.1) is 0 Å². The number of carbonyl (C=O) groups is 1. The Morgan fingerprint density at radius 2 is 2.00 bits per heavy atom. The van der Waals surface area contributed by atoms with Crippen LogP contribution in [0.2, 0.25) is 0 Å². The molecular formula is C18H28N2O4S. The number of amides is 1. The third kappa shape index (κ3) is 6.09. The summed E-state index contributed by atoms with van der Waals surface area (Å²) in [5.74, 6) is 0.249. The first-order valence-electron chi connectivity index (χ1n) is 8.70. The number of nitrogens with zero attached hydrogens (tertiary/aromatic N) is 2. The standard InChI is InChI=1S/C18H28N2O4S/c1-3-20(17-9-12-25(22,23)15-17)18(21)14-19(10-11-24-2)13-16-7-5-4-6-8-16/h4-8,17H,3,9-15H2,1-2H3. The van der Waals surface area contributed by atoms with E-state index in [9.17, 15) is 13.2 Å². The number of rotatable bonds is 9. The highest BCUT2D eigenvalue weighted by molar-refractivity contribution is 7.91. The third-order valence-electron chi connectivity index (χ3n) is 4.53. The highest BCUT2D eigenvalue weighted by Crippen LogP contribution is 2.18. The van der Waals surface area contributed by atoms with Gasteiger partial charge in [0.1, 0.15) is 0 Å². The van der Waals surface area contributed by atoms with Crippen LogP contribution in [-0.2, 0) is 25.9 Å². The normalized spacial score (nSPS) is 19.2. The Morgan fingerprint density at radius 3 is 2.56 bits per heavy atom. The summed E-state index contributed by atoms with van der Waals surface area (Å²) < 4.78 is 28.6. The van der Waals surface area contributed by atoms with Crippen LogP contribution in [0.3, 0.4) is 0 Å². The molecule has 7 heteroatoms. The maximum absolute atomic E-state index is 12.8. The minimum absolute atomic E-state index is 0.0170. The molecule has 1 aliphatic rings. The van der Waals surface area contributed by atoms with Crippen molar-refractivity contribution < 1.29 is 17.9 Å². The molecule has 6 nitrogen and oxygen atoms in total. The molecule has 0 aromatic heterocycles. The maximum Gasteiger partial charge on any atom is 0.237 e. The predicted octanol–water partition coefficient (Wildman–Crippen LogP) is 1.17. The molecule has 0 spiro atoms. The zero-order valence-corrected chi connectivity index (χ0v) is 15.9. The lowest BCUT2D eigenvalue weighted by atomic mass is 10.2. The van der Waals surface area contributed by atoms with E-state index < -0.39 is 9.84 Å². The van der Waals surface area contributed by atoms with Crippen LogP contribution in [0.25, 0.3) is 0 Å². The highest BCUT2D eigenvalue weighted by Gasteiger charge is 2.34. The fraction of sp³-hybridized carbons (Fsp3) is 0.611. The van der Waals surface area contributed by atoms with E-state index >= 15 is 0 Å². The van der Waals surface area contributed by atoms with Crippen molar-refractivity contribution in [3.63, 3.8) is 0 Å². The average Bonchev–Trinajstić information content (AvgIpc) is 2.94. The molecule has 25 heavy (non-hydrogen) atoms. The summed E-state index contributed by atoms with van der Waals surface area (Å²) >= 11 is 0. The van der Waals surface area contributed by atoms with Crippen LogP contribution >= 0.6 is 0 Å². The van der Waals surface area contributed by atoms with Crippen molar-refractivity contribution in [3.05, 3.63) is 35.9 Å². The van der Waals surface area contributed by atoms with Crippen LogP contribution in [0, 0.1) is 0 Å². The van der Waals surface area contributed by atoms with Gasteiger partial charge in [0.25, 0.3) is 0 Å². The smallest absolute Gasteiger partial charge is 0.237 e. The van der Waals surface area contributed by atoms with E-state index in [2.05, 4.69) is 0 Å². The van der Waals surface area contributed by atoms with Gasteiger partial charge in [-0.1, -0.05) is 30.3 Å². The van der Waals surface area contributed by atoms with Crippen LogP contribution in [-0.4, -0.2) is 75.0 Å². The zero-order valence-electron chi connectivity index (χ0n) is 15.1. The quantitative estimate of drug-likeness (QED) is 0.655. The molecule has 1 saturated heterocycles. The molecule has 1 atom stereocenters. The van der Waals surface area contributed by atoms with E-state index in [1.54, 1.807) is 12.0 Å². The molecule has 2 rings (SSSR count). The molecule has 0 radical (unpaired) electrons. The molecule has 0 bridgehead atoms. The van der Waals surface area contributed by atoms with Crippen LogP contribution in [0.1, 0.15) is 18.9 Å². The number of carbonyl (C=O) groups excluding carboxylic acids is 1.